The number of hydrogen-bond donors (Lipinski definition) is 1. The smallest absolute Gasteiger partial charge is 0.119 e. The SMILES string of the molecule is N#Cc1ccc(OCCN2CCN(C3CNC3)CC2)cc1. The molecule has 1 N–H and O–H groups in total. The van der Waals surface area contributed by atoms with Crippen molar-refractivity contribution in [3.05, 3.63) is 29.8 Å². The Hall–Kier alpha value is -1.61. The first-order valence-electron chi connectivity index (χ1n) is 7.65. The molecule has 112 valence electrons. The first kappa shape index (κ1) is 14.3. The number of hydrogen-bond acceptors (Lipinski definition) is 5. The summed E-state index contributed by atoms with van der Waals surface area (Å²) >= 11 is 0. The van der Waals surface area contributed by atoms with Gasteiger partial charge >= 0.3 is 0 Å². The molecule has 1 aromatic carbocycles. The summed E-state index contributed by atoms with van der Waals surface area (Å²) in [4.78, 5) is 5.06. The van der Waals surface area contributed by atoms with Gasteiger partial charge in [-0.1, -0.05) is 0 Å². The number of nitrogens with one attached hydrogen (secondary N) is 1. The van der Waals surface area contributed by atoms with E-state index in [1.165, 1.54) is 13.1 Å². The lowest BCUT2D eigenvalue weighted by atomic mass is 10.1. The van der Waals surface area contributed by atoms with Gasteiger partial charge in [0.25, 0.3) is 0 Å². The van der Waals surface area contributed by atoms with E-state index in [0.29, 0.717) is 12.2 Å². The molecular formula is C16H22N4O. The molecule has 0 bridgehead atoms. The zero-order chi connectivity index (χ0) is 14.5. The molecule has 1 aromatic rings. The van der Waals surface area contributed by atoms with Crippen LogP contribution in [-0.2, 0) is 0 Å². The van der Waals surface area contributed by atoms with E-state index in [-0.39, 0.29) is 0 Å². The summed E-state index contributed by atoms with van der Waals surface area (Å²) in [6.45, 7) is 8.59. The number of nitrogens with zero attached hydrogens (tertiary/aromatic N) is 3. The van der Waals surface area contributed by atoms with Crippen molar-refractivity contribution in [3.63, 3.8) is 0 Å². The Labute approximate surface area is 126 Å². The number of nitriles is 1. The van der Waals surface area contributed by atoms with E-state index in [0.717, 1.165) is 44.5 Å². The summed E-state index contributed by atoms with van der Waals surface area (Å²) < 4.78 is 5.74. The summed E-state index contributed by atoms with van der Waals surface area (Å²) in [5.74, 6) is 0.841. The monoisotopic (exact) mass is 286 g/mol. The molecule has 0 saturated carbocycles. The van der Waals surface area contributed by atoms with Gasteiger partial charge in [-0.25, -0.2) is 0 Å². The Bertz CT molecular complexity index is 484. The molecule has 2 aliphatic heterocycles. The molecular weight excluding hydrogens is 264 g/mol. The molecule has 21 heavy (non-hydrogen) atoms. The van der Waals surface area contributed by atoms with Crippen LogP contribution in [0.3, 0.4) is 0 Å². The highest BCUT2D eigenvalue weighted by molar-refractivity contribution is 5.34. The second-order valence-corrected chi connectivity index (χ2v) is 5.67. The summed E-state index contributed by atoms with van der Waals surface area (Å²) in [6, 6.07) is 10.2. The largest absolute Gasteiger partial charge is 0.492 e. The second kappa shape index (κ2) is 6.90. The predicted molar refractivity (Wildman–Crippen MR) is 81.3 cm³/mol. The van der Waals surface area contributed by atoms with Crippen LogP contribution in [0.25, 0.3) is 0 Å². The van der Waals surface area contributed by atoms with Crippen molar-refractivity contribution in [2.45, 2.75) is 6.04 Å². The zero-order valence-electron chi connectivity index (χ0n) is 12.3. The van der Waals surface area contributed by atoms with E-state index in [9.17, 15) is 0 Å². The maximum atomic E-state index is 8.75. The third-order valence-corrected chi connectivity index (χ3v) is 4.34. The summed E-state index contributed by atoms with van der Waals surface area (Å²) in [6.07, 6.45) is 0. The normalized spacial score (nSPS) is 20.7. The molecule has 0 aliphatic carbocycles. The van der Waals surface area contributed by atoms with Gasteiger partial charge in [-0.3, -0.25) is 9.80 Å². The van der Waals surface area contributed by atoms with Crippen LogP contribution in [-0.4, -0.2) is 68.3 Å². The Morgan fingerprint density at radius 2 is 1.86 bits per heavy atom. The van der Waals surface area contributed by atoms with Gasteiger partial charge in [0.1, 0.15) is 12.4 Å². The van der Waals surface area contributed by atoms with Crippen molar-refractivity contribution < 1.29 is 4.74 Å². The van der Waals surface area contributed by atoms with Gasteiger partial charge < -0.3 is 10.1 Å². The third-order valence-electron chi connectivity index (χ3n) is 4.34. The van der Waals surface area contributed by atoms with E-state index < -0.39 is 0 Å². The third kappa shape index (κ3) is 3.73. The van der Waals surface area contributed by atoms with Gasteiger partial charge in [0, 0.05) is 51.9 Å². The first-order chi connectivity index (χ1) is 10.3. The van der Waals surface area contributed by atoms with Crippen LogP contribution in [0.5, 0.6) is 5.75 Å². The minimum Gasteiger partial charge on any atom is -0.492 e. The minimum atomic E-state index is 0.670. The van der Waals surface area contributed by atoms with Crippen molar-refractivity contribution in [2.75, 3.05) is 52.4 Å². The first-order valence-corrected chi connectivity index (χ1v) is 7.65. The Balaban J connectivity index is 1.35. The van der Waals surface area contributed by atoms with Gasteiger partial charge in [-0.05, 0) is 24.3 Å². The number of piperazine rings is 1. The van der Waals surface area contributed by atoms with Crippen molar-refractivity contribution in [2.24, 2.45) is 0 Å². The summed E-state index contributed by atoms with van der Waals surface area (Å²) in [5, 5.41) is 12.1. The van der Waals surface area contributed by atoms with Crippen LogP contribution in [0.1, 0.15) is 5.56 Å². The van der Waals surface area contributed by atoms with Gasteiger partial charge in [0.15, 0.2) is 0 Å². The topological polar surface area (TPSA) is 51.5 Å². The summed E-state index contributed by atoms with van der Waals surface area (Å²) in [5.41, 5.74) is 0.670. The van der Waals surface area contributed by atoms with Gasteiger partial charge in [-0.2, -0.15) is 5.26 Å². The summed E-state index contributed by atoms with van der Waals surface area (Å²) in [7, 11) is 0. The number of ether oxygens (including phenoxy) is 1. The van der Waals surface area contributed by atoms with Crippen molar-refractivity contribution in [3.8, 4) is 11.8 Å². The molecule has 2 heterocycles. The highest BCUT2D eigenvalue weighted by Gasteiger charge is 2.27. The molecule has 0 unspecified atom stereocenters. The molecule has 0 atom stereocenters. The fourth-order valence-electron chi connectivity index (χ4n) is 2.80. The molecule has 0 aromatic heterocycles. The molecule has 2 fully saturated rings. The standard InChI is InChI=1S/C16H22N4O/c17-11-14-1-3-16(4-2-14)21-10-9-19-5-7-20(8-6-19)15-12-18-13-15/h1-4,15,18H,5-10,12-13H2. The zero-order valence-corrected chi connectivity index (χ0v) is 12.3. The van der Waals surface area contributed by atoms with Crippen LogP contribution in [0, 0.1) is 11.3 Å². The van der Waals surface area contributed by atoms with Crippen LogP contribution in [0.15, 0.2) is 24.3 Å². The minimum absolute atomic E-state index is 0.670. The Morgan fingerprint density at radius 1 is 1.14 bits per heavy atom. The van der Waals surface area contributed by atoms with Crippen LogP contribution >= 0.6 is 0 Å². The van der Waals surface area contributed by atoms with Crippen molar-refractivity contribution in [1.29, 1.82) is 5.26 Å². The maximum Gasteiger partial charge on any atom is 0.119 e. The Morgan fingerprint density at radius 3 is 2.43 bits per heavy atom. The number of rotatable bonds is 5. The fourth-order valence-corrected chi connectivity index (χ4v) is 2.80. The molecule has 5 heteroatoms. The molecule has 2 aliphatic rings. The fraction of sp³-hybridized carbons (Fsp3) is 0.562. The molecule has 0 spiro atoms. The van der Waals surface area contributed by atoms with E-state index in [4.69, 9.17) is 10.00 Å². The van der Waals surface area contributed by atoms with E-state index in [2.05, 4.69) is 21.2 Å². The van der Waals surface area contributed by atoms with Crippen LogP contribution in [0.2, 0.25) is 0 Å². The van der Waals surface area contributed by atoms with Crippen molar-refractivity contribution >= 4 is 0 Å². The van der Waals surface area contributed by atoms with Gasteiger partial charge in [0.05, 0.1) is 11.6 Å². The Kier molecular flexibility index (Phi) is 4.71. The average molecular weight is 286 g/mol. The lowest BCUT2D eigenvalue weighted by Gasteiger charge is -2.43. The molecule has 3 rings (SSSR count). The van der Waals surface area contributed by atoms with E-state index in [1.807, 2.05) is 12.1 Å². The lowest BCUT2D eigenvalue weighted by molar-refractivity contribution is 0.0663. The quantitative estimate of drug-likeness (QED) is 0.855. The average Bonchev–Trinajstić information content (AvgIpc) is 2.48. The van der Waals surface area contributed by atoms with Crippen molar-refractivity contribution in [1.82, 2.24) is 15.1 Å². The molecule has 0 amide bonds. The van der Waals surface area contributed by atoms with Crippen LogP contribution in [0.4, 0.5) is 0 Å². The highest BCUT2D eigenvalue weighted by atomic mass is 16.5. The molecule has 2 saturated heterocycles. The lowest BCUT2D eigenvalue weighted by Crippen LogP contribution is -2.61. The predicted octanol–water partition coefficient (Wildman–Crippen LogP) is 0.526. The van der Waals surface area contributed by atoms with Gasteiger partial charge in [-0.15, -0.1) is 0 Å². The molecule has 0 radical (unpaired) electrons. The highest BCUT2D eigenvalue weighted by Crippen LogP contribution is 2.12. The van der Waals surface area contributed by atoms with E-state index >= 15 is 0 Å². The van der Waals surface area contributed by atoms with E-state index in [1.54, 1.807) is 12.1 Å². The maximum absolute atomic E-state index is 8.75. The van der Waals surface area contributed by atoms with Crippen LogP contribution < -0.4 is 10.1 Å². The number of benzene rings is 1. The second-order valence-electron chi connectivity index (χ2n) is 5.67. The van der Waals surface area contributed by atoms with Gasteiger partial charge in [0.2, 0.25) is 0 Å². The molecule has 5 nitrogen and oxygen atoms in total.